The summed E-state index contributed by atoms with van der Waals surface area (Å²) in [7, 11) is 1.56. The molecular formula is C22H25N5O3S. The number of methoxy groups -OCH3 is 1. The number of benzene rings is 2. The first-order valence-corrected chi connectivity index (χ1v) is 10.9. The van der Waals surface area contributed by atoms with Gasteiger partial charge in [-0.15, -0.1) is 10.2 Å². The highest BCUT2D eigenvalue weighted by atomic mass is 32.2. The summed E-state index contributed by atoms with van der Waals surface area (Å²) in [6.45, 7) is 4.45. The van der Waals surface area contributed by atoms with Gasteiger partial charge in [-0.05, 0) is 38.1 Å². The second-order valence-electron chi connectivity index (χ2n) is 6.68. The molecule has 2 N–H and O–H groups in total. The summed E-state index contributed by atoms with van der Waals surface area (Å²) in [6, 6.07) is 15.9. The SMILES string of the molecule is CCn1c(SCC(=O)Nc2ccccc2OC)nnc1C(C)NC(=O)c1ccccc1. The molecule has 3 aromatic rings. The molecule has 0 aliphatic carbocycles. The third-order valence-electron chi connectivity index (χ3n) is 4.55. The van der Waals surface area contributed by atoms with E-state index in [4.69, 9.17) is 4.74 Å². The smallest absolute Gasteiger partial charge is 0.251 e. The number of thioether (sulfide) groups is 1. The second-order valence-corrected chi connectivity index (χ2v) is 7.63. The molecule has 1 heterocycles. The number of hydrogen-bond donors (Lipinski definition) is 2. The van der Waals surface area contributed by atoms with Gasteiger partial charge in [-0.2, -0.15) is 0 Å². The number of hydrogen-bond acceptors (Lipinski definition) is 6. The average Bonchev–Trinajstić information content (AvgIpc) is 3.21. The van der Waals surface area contributed by atoms with Gasteiger partial charge < -0.3 is 19.9 Å². The van der Waals surface area contributed by atoms with E-state index in [9.17, 15) is 9.59 Å². The molecule has 1 aromatic heterocycles. The third-order valence-corrected chi connectivity index (χ3v) is 5.51. The van der Waals surface area contributed by atoms with Crippen LogP contribution in [0.5, 0.6) is 5.75 Å². The van der Waals surface area contributed by atoms with Crippen LogP contribution in [0.3, 0.4) is 0 Å². The fourth-order valence-corrected chi connectivity index (χ4v) is 3.83. The maximum Gasteiger partial charge on any atom is 0.251 e. The fraction of sp³-hybridized carbons (Fsp3) is 0.273. The zero-order valence-electron chi connectivity index (χ0n) is 17.7. The third kappa shape index (κ3) is 5.64. The molecule has 2 amide bonds. The average molecular weight is 440 g/mol. The van der Waals surface area contributed by atoms with Crippen LogP contribution in [-0.4, -0.2) is 39.4 Å². The summed E-state index contributed by atoms with van der Waals surface area (Å²) in [4.78, 5) is 24.8. The van der Waals surface area contributed by atoms with E-state index in [2.05, 4.69) is 20.8 Å². The number of anilines is 1. The van der Waals surface area contributed by atoms with Crippen LogP contribution in [0.25, 0.3) is 0 Å². The molecule has 0 radical (unpaired) electrons. The summed E-state index contributed by atoms with van der Waals surface area (Å²) in [5.74, 6) is 1.06. The van der Waals surface area contributed by atoms with E-state index in [1.165, 1.54) is 11.8 Å². The largest absolute Gasteiger partial charge is 0.495 e. The zero-order chi connectivity index (χ0) is 22.2. The molecule has 2 aromatic carbocycles. The lowest BCUT2D eigenvalue weighted by Gasteiger charge is -2.15. The quantitative estimate of drug-likeness (QED) is 0.495. The van der Waals surface area contributed by atoms with E-state index in [0.29, 0.717) is 34.5 Å². The molecule has 0 bridgehead atoms. The van der Waals surface area contributed by atoms with Crippen LogP contribution in [0, 0.1) is 0 Å². The highest BCUT2D eigenvalue weighted by molar-refractivity contribution is 7.99. The highest BCUT2D eigenvalue weighted by Gasteiger charge is 2.20. The molecule has 3 rings (SSSR count). The molecule has 0 aliphatic heterocycles. The summed E-state index contributed by atoms with van der Waals surface area (Å²) in [5, 5.41) is 14.9. The van der Waals surface area contributed by atoms with Gasteiger partial charge in [0.1, 0.15) is 5.75 Å². The molecule has 1 atom stereocenters. The second kappa shape index (κ2) is 10.6. The summed E-state index contributed by atoms with van der Waals surface area (Å²) >= 11 is 1.29. The first-order chi connectivity index (χ1) is 15.0. The lowest BCUT2D eigenvalue weighted by molar-refractivity contribution is -0.113. The zero-order valence-corrected chi connectivity index (χ0v) is 18.5. The molecule has 0 saturated heterocycles. The van der Waals surface area contributed by atoms with Gasteiger partial charge in [0.15, 0.2) is 11.0 Å². The normalized spacial score (nSPS) is 11.6. The van der Waals surface area contributed by atoms with Crippen molar-refractivity contribution in [3.63, 3.8) is 0 Å². The van der Waals surface area contributed by atoms with Crippen molar-refractivity contribution < 1.29 is 14.3 Å². The van der Waals surface area contributed by atoms with Crippen LogP contribution < -0.4 is 15.4 Å². The molecule has 0 spiro atoms. The van der Waals surface area contributed by atoms with E-state index in [1.54, 1.807) is 31.4 Å². The predicted octanol–water partition coefficient (Wildman–Crippen LogP) is 3.53. The lowest BCUT2D eigenvalue weighted by atomic mass is 10.2. The molecule has 0 aliphatic rings. The van der Waals surface area contributed by atoms with Crippen LogP contribution in [0.4, 0.5) is 5.69 Å². The molecule has 8 nitrogen and oxygen atoms in total. The van der Waals surface area contributed by atoms with Crippen LogP contribution in [0.15, 0.2) is 59.8 Å². The minimum atomic E-state index is -0.336. The van der Waals surface area contributed by atoms with Gasteiger partial charge in [-0.1, -0.05) is 42.1 Å². The Labute approximate surface area is 185 Å². The number of carbonyl (C=O) groups is 2. The monoisotopic (exact) mass is 439 g/mol. The van der Waals surface area contributed by atoms with E-state index in [0.717, 1.165) is 0 Å². The van der Waals surface area contributed by atoms with Crippen LogP contribution >= 0.6 is 11.8 Å². The summed E-state index contributed by atoms with van der Waals surface area (Å²) < 4.78 is 7.16. The van der Waals surface area contributed by atoms with Crippen molar-refractivity contribution in [2.24, 2.45) is 0 Å². The number of aromatic nitrogens is 3. The maximum absolute atomic E-state index is 12.4. The number of ether oxygens (including phenoxy) is 1. The van der Waals surface area contributed by atoms with E-state index < -0.39 is 0 Å². The molecule has 0 saturated carbocycles. The molecule has 31 heavy (non-hydrogen) atoms. The van der Waals surface area contributed by atoms with Gasteiger partial charge in [0.25, 0.3) is 5.91 Å². The fourth-order valence-electron chi connectivity index (χ4n) is 3.02. The van der Waals surface area contributed by atoms with Crippen molar-refractivity contribution in [1.82, 2.24) is 20.1 Å². The Morgan fingerprint density at radius 3 is 2.52 bits per heavy atom. The number of nitrogens with zero attached hydrogens (tertiary/aromatic N) is 3. The summed E-state index contributed by atoms with van der Waals surface area (Å²) in [6.07, 6.45) is 0. The Bertz CT molecular complexity index is 1040. The van der Waals surface area contributed by atoms with Crippen LogP contribution in [0.2, 0.25) is 0 Å². The Balaban J connectivity index is 1.63. The molecule has 9 heteroatoms. The maximum atomic E-state index is 12.4. The van der Waals surface area contributed by atoms with Gasteiger partial charge >= 0.3 is 0 Å². The van der Waals surface area contributed by atoms with Crippen LogP contribution in [0.1, 0.15) is 36.1 Å². The van der Waals surface area contributed by atoms with E-state index in [1.807, 2.05) is 48.7 Å². The standard InChI is InChI=1S/C22H25N5O3S/c1-4-27-20(15(2)23-21(29)16-10-6-5-7-11-16)25-26-22(27)31-14-19(28)24-17-12-8-9-13-18(17)30-3/h5-13,15H,4,14H2,1-3H3,(H,23,29)(H,24,28). The van der Waals surface area contributed by atoms with Gasteiger partial charge in [-0.25, -0.2) is 0 Å². The molecule has 1 unspecified atom stereocenters. The molecule has 162 valence electrons. The summed E-state index contributed by atoms with van der Waals surface area (Å²) in [5.41, 5.74) is 1.20. The lowest BCUT2D eigenvalue weighted by Crippen LogP contribution is -2.28. The van der Waals surface area contributed by atoms with Crippen molar-refractivity contribution >= 4 is 29.3 Å². The number of para-hydroxylation sites is 2. The Kier molecular flexibility index (Phi) is 7.66. The van der Waals surface area contributed by atoms with E-state index >= 15 is 0 Å². The van der Waals surface area contributed by atoms with Gasteiger partial charge in [0, 0.05) is 12.1 Å². The van der Waals surface area contributed by atoms with Crippen molar-refractivity contribution in [1.29, 1.82) is 0 Å². The first kappa shape index (κ1) is 22.4. The molecular weight excluding hydrogens is 414 g/mol. The number of rotatable bonds is 9. The van der Waals surface area contributed by atoms with Crippen molar-refractivity contribution in [3.05, 3.63) is 66.0 Å². The number of amides is 2. The van der Waals surface area contributed by atoms with Gasteiger partial charge in [-0.3, -0.25) is 9.59 Å². The van der Waals surface area contributed by atoms with Gasteiger partial charge in [0.2, 0.25) is 5.91 Å². The Morgan fingerprint density at radius 2 is 1.81 bits per heavy atom. The number of carbonyl (C=O) groups excluding carboxylic acids is 2. The minimum absolute atomic E-state index is 0.168. The van der Waals surface area contributed by atoms with Gasteiger partial charge in [0.05, 0.1) is 24.6 Å². The number of nitrogens with one attached hydrogen (secondary N) is 2. The van der Waals surface area contributed by atoms with Crippen LogP contribution in [-0.2, 0) is 11.3 Å². The van der Waals surface area contributed by atoms with Crippen molar-refractivity contribution in [3.8, 4) is 5.75 Å². The van der Waals surface area contributed by atoms with Crippen molar-refractivity contribution in [2.45, 2.75) is 31.6 Å². The Morgan fingerprint density at radius 1 is 1.10 bits per heavy atom. The molecule has 0 fully saturated rings. The predicted molar refractivity (Wildman–Crippen MR) is 120 cm³/mol. The minimum Gasteiger partial charge on any atom is -0.495 e. The highest BCUT2D eigenvalue weighted by Crippen LogP contribution is 2.25. The first-order valence-electron chi connectivity index (χ1n) is 9.88. The van der Waals surface area contributed by atoms with Crippen molar-refractivity contribution in [2.75, 3.05) is 18.2 Å². The van der Waals surface area contributed by atoms with E-state index in [-0.39, 0.29) is 23.6 Å². The topological polar surface area (TPSA) is 98.1 Å². The Hall–Kier alpha value is -3.33.